The van der Waals surface area contributed by atoms with E-state index < -0.39 is 0 Å². The molecule has 0 saturated heterocycles. The van der Waals surface area contributed by atoms with Crippen LogP contribution in [0.1, 0.15) is 31.9 Å². The molecule has 128 valence electrons. The maximum absolute atomic E-state index is 5.88. The molecule has 0 radical (unpaired) electrons. The van der Waals surface area contributed by atoms with Crippen LogP contribution in [0.2, 0.25) is 0 Å². The number of nitrogens with zero attached hydrogens (tertiary/aromatic N) is 2. The Morgan fingerprint density at radius 1 is 1.12 bits per heavy atom. The van der Waals surface area contributed by atoms with E-state index in [0.29, 0.717) is 19.0 Å². The van der Waals surface area contributed by atoms with Crippen molar-refractivity contribution in [3.63, 3.8) is 0 Å². The third-order valence-electron chi connectivity index (χ3n) is 3.23. The van der Waals surface area contributed by atoms with Crippen LogP contribution in [0.5, 0.6) is 5.88 Å². The lowest BCUT2D eigenvalue weighted by molar-refractivity contribution is 0.290. The van der Waals surface area contributed by atoms with Gasteiger partial charge in [-0.15, -0.1) is 0 Å². The number of hydrogen-bond donors (Lipinski definition) is 2. The van der Waals surface area contributed by atoms with E-state index in [-0.39, 0.29) is 5.54 Å². The molecule has 2 aromatic rings. The highest BCUT2D eigenvalue weighted by Gasteiger charge is 2.12. The number of guanidine groups is 1. The molecule has 0 amide bonds. The average Bonchev–Trinajstić information content (AvgIpc) is 2.57. The Balaban J connectivity index is 1.98. The molecular weight excluding hydrogens is 300 g/mol. The molecule has 0 saturated carbocycles. The van der Waals surface area contributed by atoms with Crippen molar-refractivity contribution in [2.24, 2.45) is 4.99 Å². The Bertz CT molecular complexity index is 663. The Hall–Kier alpha value is -2.56. The van der Waals surface area contributed by atoms with Gasteiger partial charge in [0.25, 0.3) is 0 Å². The molecule has 5 heteroatoms. The highest BCUT2D eigenvalue weighted by molar-refractivity contribution is 5.80. The summed E-state index contributed by atoms with van der Waals surface area (Å²) in [5.74, 6) is 1.39. The molecule has 1 aromatic carbocycles. The van der Waals surface area contributed by atoms with Crippen molar-refractivity contribution in [2.45, 2.75) is 39.5 Å². The molecule has 0 spiro atoms. The first-order valence-corrected chi connectivity index (χ1v) is 8.07. The Morgan fingerprint density at radius 2 is 1.88 bits per heavy atom. The monoisotopic (exact) mass is 326 g/mol. The number of hydrogen-bond acceptors (Lipinski definition) is 3. The molecule has 0 aliphatic carbocycles. The van der Waals surface area contributed by atoms with Crippen LogP contribution in [0.4, 0.5) is 0 Å². The van der Waals surface area contributed by atoms with E-state index in [0.717, 1.165) is 17.1 Å². The van der Waals surface area contributed by atoms with E-state index in [4.69, 9.17) is 4.74 Å². The first-order valence-electron chi connectivity index (χ1n) is 8.07. The minimum atomic E-state index is -0.0522. The second-order valence-electron chi connectivity index (χ2n) is 6.54. The lowest BCUT2D eigenvalue weighted by Crippen LogP contribution is -2.47. The lowest BCUT2D eigenvalue weighted by Gasteiger charge is -2.24. The third-order valence-corrected chi connectivity index (χ3v) is 3.23. The SMILES string of the molecule is CN=C(NCc1cccnc1OCc1ccccc1)NC(C)(C)C. The molecule has 1 heterocycles. The van der Waals surface area contributed by atoms with Gasteiger partial charge in [-0.25, -0.2) is 4.98 Å². The summed E-state index contributed by atoms with van der Waals surface area (Å²) < 4.78 is 5.88. The van der Waals surface area contributed by atoms with Crippen molar-refractivity contribution in [2.75, 3.05) is 7.05 Å². The van der Waals surface area contributed by atoms with E-state index in [9.17, 15) is 0 Å². The van der Waals surface area contributed by atoms with E-state index in [2.05, 4.69) is 41.4 Å². The van der Waals surface area contributed by atoms with Crippen molar-refractivity contribution in [1.82, 2.24) is 15.6 Å². The molecule has 2 N–H and O–H groups in total. The number of rotatable bonds is 5. The van der Waals surface area contributed by atoms with Crippen LogP contribution in [0.25, 0.3) is 0 Å². The molecule has 0 aliphatic rings. The maximum Gasteiger partial charge on any atom is 0.218 e. The fourth-order valence-electron chi connectivity index (χ4n) is 2.13. The van der Waals surface area contributed by atoms with Crippen molar-refractivity contribution in [1.29, 1.82) is 0 Å². The molecule has 0 unspecified atom stereocenters. The number of aliphatic imine (C=N–C) groups is 1. The lowest BCUT2D eigenvalue weighted by atomic mass is 10.1. The highest BCUT2D eigenvalue weighted by Crippen LogP contribution is 2.16. The van der Waals surface area contributed by atoms with Gasteiger partial charge in [0.2, 0.25) is 5.88 Å². The Morgan fingerprint density at radius 3 is 2.54 bits per heavy atom. The topological polar surface area (TPSA) is 58.5 Å². The first-order chi connectivity index (χ1) is 11.5. The van der Waals surface area contributed by atoms with Crippen LogP contribution in [-0.4, -0.2) is 23.5 Å². The van der Waals surface area contributed by atoms with Crippen LogP contribution in [0.3, 0.4) is 0 Å². The fourth-order valence-corrected chi connectivity index (χ4v) is 2.13. The Kier molecular flexibility index (Phi) is 6.18. The van der Waals surface area contributed by atoms with Gasteiger partial charge < -0.3 is 15.4 Å². The summed E-state index contributed by atoms with van der Waals surface area (Å²) >= 11 is 0. The van der Waals surface area contributed by atoms with Crippen LogP contribution in [0.15, 0.2) is 53.7 Å². The molecule has 0 bridgehead atoms. The standard InChI is InChI=1S/C19H26N4O/c1-19(2,3)23-18(20-4)22-13-16-11-8-12-21-17(16)24-14-15-9-6-5-7-10-15/h5-12H,13-14H2,1-4H3,(H2,20,22,23). The van der Waals surface area contributed by atoms with Gasteiger partial charge in [0.15, 0.2) is 5.96 Å². The van der Waals surface area contributed by atoms with Crippen LogP contribution in [-0.2, 0) is 13.2 Å². The summed E-state index contributed by atoms with van der Waals surface area (Å²) in [6.07, 6.45) is 1.74. The van der Waals surface area contributed by atoms with Crippen LogP contribution < -0.4 is 15.4 Å². The highest BCUT2D eigenvalue weighted by atomic mass is 16.5. The summed E-state index contributed by atoms with van der Waals surface area (Å²) in [4.78, 5) is 8.59. The Labute approximate surface area is 144 Å². The molecule has 0 atom stereocenters. The van der Waals surface area contributed by atoms with E-state index in [1.165, 1.54) is 0 Å². The summed E-state index contributed by atoms with van der Waals surface area (Å²) in [7, 11) is 1.76. The minimum Gasteiger partial charge on any atom is -0.473 e. The first kappa shape index (κ1) is 17.8. The smallest absolute Gasteiger partial charge is 0.218 e. The number of pyridine rings is 1. The summed E-state index contributed by atoms with van der Waals surface area (Å²) in [5.41, 5.74) is 2.06. The van der Waals surface area contributed by atoms with Gasteiger partial charge in [0.05, 0.1) is 0 Å². The summed E-state index contributed by atoms with van der Waals surface area (Å²) in [6.45, 7) is 7.38. The summed E-state index contributed by atoms with van der Waals surface area (Å²) in [5, 5.41) is 6.63. The maximum atomic E-state index is 5.88. The number of ether oxygens (including phenoxy) is 1. The molecule has 0 fully saturated rings. The predicted octanol–water partition coefficient (Wildman–Crippen LogP) is 3.12. The van der Waals surface area contributed by atoms with Gasteiger partial charge in [-0.05, 0) is 32.4 Å². The van der Waals surface area contributed by atoms with Crippen molar-refractivity contribution >= 4 is 5.96 Å². The molecule has 2 rings (SSSR count). The van der Waals surface area contributed by atoms with Gasteiger partial charge >= 0.3 is 0 Å². The van der Waals surface area contributed by atoms with E-state index in [1.807, 2.05) is 42.5 Å². The zero-order chi connectivity index (χ0) is 17.4. The van der Waals surface area contributed by atoms with Gasteiger partial charge in [-0.1, -0.05) is 36.4 Å². The number of aromatic nitrogens is 1. The second-order valence-corrected chi connectivity index (χ2v) is 6.54. The van der Waals surface area contributed by atoms with Gasteiger partial charge in [-0.3, -0.25) is 4.99 Å². The van der Waals surface area contributed by atoms with Gasteiger partial charge in [-0.2, -0.15) is 0 Å². The minimum absolute atomic E-state index is 0.0522. The number of benzene rings is 1. The zero-order valence-corrected chi connectivity index (χ0v) is 14.8. The van der Waals surface area contributed by atoms with Gasteiger partial charge in [0, 0.05) is 30.9 Å². The molecule has 0 aliphatic heterocycles. The second kappa shape index (κ2) is 8.34. The molecular formula is C19H26N4O. The third kappa shape index (κ3) is 5.91. The van der Waals surface area contributed by atoms with Crippen molar-refractivity contribution in [3.05, 3.63) is 59.8 Å². The molecule has 24 heavy (non-hydrogen) atoms. The van der Waals surface area contributed by atoms with Gasteiger partial charge in [0.1, 0.15) is 6.61 Å². The van der Waals surface area contributed by atoms with E-state index >= 15 is 0 Å². The van der Waals surface area contributed by atoms with Crippen LogP contribution >= 0.6 is 0 Å². The van der Waals surface area contributed by atoms with Crippen molar-refractivity contribution in [3.8, 4) is 5.88 Å². The normalized spacial score (nSPS) is 11.9. The van der Waals surface area contributed by atoms with Crippen molar-refractivity contribution < 1.29 is 4.74 Å². The van der Waals surface area contributed by atoms with Crippen LogP contribution in [0, 0.1) is 0 Å². The largest absolute Gasteiger partial charge is 0.473 e. The van der Waals surface area contributed by atoms with E-state index in [1.54, 1.807) is 13.2 Å². The zero-order valence-electron chi connectivity index (χ0n) is 14.8. The average molecular weight is 326 g/mol. The fraction of sp³-hybridized carbons (Fsp3) is 0.368. The molecule has 5 nitrogen and oxygen atoms in total. The molecule has 1 aromatic heterocycles. The predicted molar refractivity (Wildman–Crippen MR) is 98.1 cm³/mol. The quantitative estimate of drug-likeness (QED) is 0.655. The number of nitrogens with one attached hydrogen (secondary N) is 2. The summed E-state index contributed by atoms with van der Waals surface area (Å²) in [6, 6.07) is 14.0.